The van der Waals surface area contributed by atoms with E-state index in [1.807, 2.05) is 36.0 Å². The molecule has 6 rings (SSSR count). The van der Waals surface area contributed by atoms with Crippen molar-refractivity contribution in [2.45, 2.75) is 16.1 Å². The van der Waals surface area contributed by atoms with Gasteiger partial charge in [-0.25, -0.2) is 9.97 Å². The predicted octanol–water partition coefficient (Wildman–Crippen LogP) is 8.69. The van der Waals surface area contributed by atoms with Crippen LogP contribution in [-0.2, 0) is 0 Å². The molecule has 2 nitrogen and oxygen atoms in total. The van der Waals surface area contributed by atoms with Crippen LogP contribution in [0, 0.1) is 0 Å². The number of benzene rings is 3. The Morgan fingerprint density at radius 1 is 0.697 bits per heavy atom. The van der Waals surface area contributed by atoms with Gasteiger partial charge in [-0.05, 0) is 35.9 Å². The number of nitrogens with zero attached hydrogens (tertiary/aromatic N) is 2. The second-order valence-corrected chi connectivity index (χ2v) is 11.1. The van der Waals surface area contributed by atoms with Gasteiger partial charge in [0.15, 0.2) is 5.82 Å². The molecule has 2 unspecified atom stereocenters. The zero-order valence-electron chi connectivity index (χ0n) is 17.5. The second kappa shape index (κ2) is 8.71. The van der Waals surface area contributed by atoms with Gasteiger partial charge >= 0.3 is 0 Å². The van der Waals surface area contributed by atoms with E-state index >= 15 is 0 Å². The maximum absolute atomic E-state index is 5.07. The van der Waals surface area contributed by atoms with Crippen molar-refractivity contribution in [2.75, 3.05) is 0 Å². The molecule has 0 N–H and O–H groups in total. The Kier molecular flexibility index (Phi) is 5.57. The van der Waals surface area contributed by atoms with E-state index in [2.05, 4.69) is 105 Å². The largest absolute Gasteiger partial charge is 0.228 e. The maximum Gasteiger partial charge on any atom is 0.160 e. The molecule has 0 bridgehead atoms. The van der Waals surface area contributed by atoms with Gasteiger partial charge in [-0.2, -0.15) is 0 Å². The molecular formula is C28H18Br2N2S. The number of aromatic nitrogens is 2. The van der Waals surface area contributed by atoms with E-state index in [-0.39, 0.29) is 0 Å². The molecule has 3 aromatic carbocycles. The molecule has 0 saturated carbocycles. The maximum atomic E-state index is 5.07. The van der Waals surface area contributed by atoms with Crippen molar-refractivity contribution < 1.29 is 0 Å². The van der Waals surface area contributed by atoms with Crippen molar-refractivity contribution in [3.05, 3.63) is 112 Å². The Bertz CT molecular complexity index is 1410. The summed E-state index contributed by atoms with van der Waals surface area (Å²) >= 11 is 9.19. The summed E-state index contributed by atoms with van der Waals surface area (Å²) in [4.78, 5) is 11.4. The highest BCUT2D eigenvalue weighted by Gasteiger charge is 2.33. The van der Waals surface area contributed by atoms with E-state index in [9.17, 15) is 0 Å². The first-order chi connectivity index (χ1) is 16.2. The van der Waals surface area contributed by atoms with Crippen LogP contribution in [0.4, 0.5) is 0 Å². The van der Waals surface area contributed by atoms with E-state index in [1.165, 1.54) is 16.0 Å². The number of allylic oxidation sites excluding steroid dienone is 3. The van der Waals surface area contributed by atoms with Crippen molar-refractivity contribution in [3.8, 4) is 33.9 Å². The molecule has 1 aromatic heterocycles. The fourth-order valence-corrected chi connectivity index (χ4v) is 7.13. The Hall–Kier alpha value is -2.47. The Labute approximate surface area is 214 Å². The summed E-state index contributed by atoms with van der Waals surface area (Å²) in [6.45, 7) is 0. The summed E-state index contributed by atoms with van der Waals surface area (Å²) in [5.74, 6) is 1.10. The van der Waals surface area contributed by atoms with Crippen LogP contribution in [-0.4, -0.2) is 15.2 Å². The zero-order valence-corrected chi connectivity index (χ0v) is 21.4. The van der Waals surface area contributed by atoms with Crippen molar-refractivity contribution in [2.24, 2.45) is 0 Å². The molecule has 5 heteroatoms. The van der Waals surface area contributed by atoms with Gasteiger partial charge in [-0.15, -0.1) is 11.8 Å². The van der Waals surface area contributed by atoms with Gasteiger partial charge in [0.05, 0.1) is 11.4 Å². The number of halogens is 2. The molecule has 2 atom stereocenters. The van der Waals surface area contributed by atoms with Crippen LogP contribution in [0.25, 0.3) is 33.9 Å². The number of thioether (sulfide) groups is 1. The Balaban J connectivity index is 1.57. The smallest absolute Gasteiger partial charge is 0.160 e. The number of hydrogen-bond donors (Lipinski definition) is 0. The van der Waals surface area contributed by atoms with Gasteiger partial charge in [0, 0.05) is 41.7 Å². The van der Waals surface area contributed by atoms with Crippen LogP contribution in [0.3, 0.4) is 0 Å². The number of hydrogen-bond acceptors (Lipinski definition) is 3. The minimum Gasteiger partial charge on any atom is -0.228 e. The first kappa shape index (κ1) is 21.1. The average molecular weight is 574 g/mol. The standard InChI is InChI=1S/C28H18Br2N2S/c29-19-13-18(14-20(30)15-19)23-16-24(32-28(31-23)17-7-2-1-3-8-17)21-10-6-12-26-27(21)22-9-4-5-11-25(22)33-26/h1-16,22,25H. The summed E-state index contributed by atoms with van der Waals surface area (Å²) in [6, 6.07) is 25.1. The van der Waals surface area contributed by atoms with Gasteiger partial charge in [0.25, 0.3) is 0 Å². The molecule has 0 saturated heterocycles. The molecular weight excluding hydrogens is 556 g/mol. The third kappa shape index (κ3) is 4.03. The summed E-state index contributed by atoms with van der Waals surface area (Å²) < 4.78 is 2.01. The molecule has 2 heterocycles. The SMILES string of the molecule is Brc1cc(Br)cc(-c2cc(-c3cccc4c3C3C=CC=CC3S4)nc(-c3ccccc3)n2)c1. The fourth-order valence-electron chi connectivity index (χ4n) is 4.47. The predicted molar refractivity (Wildman–Crippen MR) is 144 cm³/mol. The Morgan fingerprint density at radius 3 is 2.27 bits per heavy atom. The summed E-state index contributed by atoms with van der Waals surface area (Å²) in [7, 11) is 0. The molecule has 0 radical (unpaired) electrons. The molecule has 0 spiro atoms. The van der Waals surface area contributed by atoms with Crippen LogP contribution in [0.15, 0.2) is 111 Å². The summed E-state index contributed by atoms with van der Waals surface area (Å²) in [5, 5.41) is 0.446. The third-order valence-corrected chi connectivity index (χ3v) is 8.19. The molecule has 33 heavy (non-hydrogen) atoms. The highest BCUT2D eigenvalue weighted by molar-refractivity contribution is 9.11. The lowest BCUT2D eigenvalue weighted by atomic mass is 9.88. The first-order valence-corrected chi connectivity index (χ1v) is 13.2. The molecule has 160 valence electrons. The first-order valence-electron chi connectivity index (χ1n) is 10.7. The number of fused-ring (bicyclic) bond motifs is 3. The molecule has 1 aliphatic heterocycles. The van der Waals surface area contributed by atoms with Crippen LogP contribution in [0.2, 0.25) is 0 Å². The lowest BCUT2D eigenvalue weighted by Gasteiger charge is -2.18. The molecule has 2 aliphatic rings. The fraction of sp³-hybridized carbons (Fsp3) is 0.0714. The highest BCUT2D eigenvalue weighted by Crippen LogP contribution is 2.51. The van der Waals surface area contributed by atoms with Crippen molar-refractivity contribution in [3.63, 3.8) is 0 Å². The van der Waals surface area contributed by atoms with Gasteiger partial charge < -0.3 is 0 Å². The topological polar surface area (TPSA) is 25.8 Å². The zero-order chi connectivity index (χ0) is 22.4. The van der Waals surface area contributed by atoms with Crippen LogP contribution in [0.5, 0.6) is 0 Å². The van der Waals surface area contributed by atoms with Crippen molar-refractivity contribution >= 4 is 43.6 Å². The quantitative estimate of drug-likeness (QED) is 0.245. The van der Waals surface area contributed by atoms with E-state index < -0.39 is 0 Å². The Morgan fingerprint density at radius 2 is 1.45 bits per heavy atom. The highest BCUT2D eigenvalue weighted by atomic mass is 79.9. The molecule has 0 amide bonds. The lowest BCUT2D eigenvalue weighted by Crippen LogP contribution is -2.08. The molecule has 0 fully saturated rings. The minimum absolute atomic E-state index is 0.366. The van der Waals surface area contributed by atoms with E-state index in [1.54, 1.807) is 0 Å². The number of rotatable bonds is 3. The lowest BCUT2D eigenvalue weighted by molar-refractivity contribution is 0.882. The molecule has 4 aromatic rings. The van der Waals surface area contributed by atoms with E-state index in [0.29, 0.717) is 11.2 Å². The minimum atomic E-state index is 0.366. The summed E-state index contributed by atoms with van der Waals surface area (Å²) in [5.41, 5.74) is 6.46. The normalized spacial score (nSPS) is 18.2. The van der Waals surface area contributed by atoms with E-state index in [0.717, 1.165) is 37.3 Å². The average Bonchev–Trinajstić information content (AvgIpc) is 3.22. The van der Waals surface area contributed by atoms with Crippen LogP contribution in [0.1, 0.15) is 11.5 Å². The van der Waals surface area contributed by atoms with Crippen LogP contribution < -0.4 is 0 Å². The van der Waals surface area contributed by atoms with E-state index in [4.69, 9.17) is 9.97 Å². The van der Waals surface area contributed by atoms with Gasteiger partial charge in [0.1, 0.15) is 0 Å². The van der Waals surface area contributed by atoms with Gasteiger partial charge in [-0.3, -0.25) is 0 Å². The summed E-state index contributed by atoms with van der Waals surface area (Å²) in [6.07, 6.45) is 8.94. The third-order valence-electron chi connectivity index (χ3n) is 5.94. The van der Waals surface area contributed by atoms with Crippen LogP contribution >= 0.6 is 43.6 Å². The van der Waals surface area contributed by atoms with Gasteiger partial charge in [0.2, 0.25) is 0 Å². The second-order valence-electron chi connectivity index (χ2n) is 8.08. The van der Waals surface area contributed by atoms with Crippen molar-refractivity contribution in [1.29, 1.82) is 0 Å². The monoisotopic (exact) mass is 572 g/mol. The van der Waals surface area contributed by atoms with Gasteiger partial charge in [-0.1, -0.05) is 98.6 Å². The molecule has 1 aliphatic carbocycles. The van der Waals surface area contributed by atoms with Crippen molar-refractivity contribution in [1.82, 2.24) is 9.97 Å².